The monoisotopic (exact) mass is 324 g/mol. The summed E-state index contributed by atoms with van der Waals surface area (Å²) in [6, 6.07) is 12.7. The molecule has 0 spiro atoms. The number of carbonyl (C=O) groups excluding carboxylic acids is 1. The predicted molar refractivity (Wildman–Crippen MR) is 92.5 cm³/mol. The summed E-state index contributed by atoms with van der Waals surface area (Å²) in [5, 5.41) is 0. The van der Waals surface area contributed by atoms with Gasteiger partial charge in [0.15, 0.2) is 0 Å². The lowest BCUT2D eigenvalue weighted by molar-refractivity contribution is 0.0594. The topological polar surface area (TPSA) is 44.8 Å². The Labute approximate surface area is 142 Å². The highest BCUT2D eigenvalue weighted by Crippen LogP contribution is 2.22. The van der Waals surface area contributed by atoms with Crippen LogP contribution in [-0.2, 0) is 4.74 Å². The van der Waals surface area contributed by atoms with Crippen molar-refractivity contribution in [3.05, 3.63) is 59.2 Å². The molecule has 0 heterocycles. The van der Waals surface area contributed by atoms with Gasteiger partial charge in [0.25, 0.3) is 0 Å². The van der Waals surface area contributed by atoms with E-state index in [4.69, 9.17) is 14.2 Å². The van der Waals surface area contributed by atoms with Crippen LogP contribution in [0.2, 0.25) is 0 Å². The molecule has 2 rings (SSSR count). The van der Waals surface area contributed by atoms with Crippen LogP contribution in [-0.4, -0.2) is 26.3 Å². The Bertz CT molecular complexity index is 782. The van der Waals surface area contributed by atoms with Gasteiger partial charge in [-0.3, -0.25) is 0 Å². The molecule has 4 nitrogen and oxygen atoms in total. The third kappa shape index (κ3) is 4.30. The summed E-state index contributed by atoms with van der Waals surface area (Å²) < 4.78 is 15.8. The minimum absolute atomic E-state index is 0.0427. The maximum Gasteiger partial charge on any atom is 0.341 e. The first-order valence-corrected chi connectivity index (χ1v) is 7.59. The molecular formula is C20H20O4. The number of hydrogen-bond donors (Lipinski definition) is 0. The van der Waals surface area contributed by atoms with E-state index in [-0.39, 0.29) is 6.10 Å². The lowest BCUT2D eigenvalue weighted by atomic mass is 10.1. The van der Waals surface area contributed by atoms with E-state index in [9.17, 15) is 4.79 Å². The van der Waals surface area contributed by atoms with Crippen molar-refractivity contribution in [3.63, 3.8) is 0 Å². The normalized spacial score (nSPS) is 9.88. The summed E-state index contributed by atoms with van der Waals surface area (Å²) in [6.07, 6.45) is -0.0427. The highest BCUT2D eigenvalue weighted by atomic mass is 16.5. The van der Waals surface area contributed by atoms with E-state index in [1.807, 2.05) is 44.2 Å². The first-order valence-electron chi connectivity index (χ1n) is 7.59. The Morgan fingerprint density at radius 2 is 1.75 bits per heavy atom. The summed E-state index contributed by atoms with van der Waals surface area (Å²) in [7, 11) is 2.95. The van der Waals surface area contributed by atoms with Gasteiger partial charge < -0.3 is 14.2 Å². The van der Waals surface area contributed by atoms with Crippen molar-refractivity contribution in [2.75, 3.05) is 14.2 Å². The minimum atomic E-state index is -0.452. The van der Waals surface area contributed by atoms with E-state index in [1.54, 1.807) is 19.2 Å². The van der Waals surface area contributed by atoms with Gasteiger partial charge in [-0.15, -0.1) is 0 Å². The largest absolute Gasteiger partial charge is 0.495 e. The highest BCUT2D eigenvalue weighted by molar-refractivity contribution is 5.93. The smallest absolute Gasteiger partial charge is 0.341 e. The van der Waals surface area contributed by atoms with Crippen LogP contribution in [0.5, 0.6) is 11.5 Å². The van der Waals surface area contributed by atoms with Crippen LogP contribution in [0.25, 0.3) is 0 Å². The van der Waals surface area contributed by atoms with E-state index in [2.05, 4.69) is 11.8 Å². The first kappa shape index (κ1) is 17.4. The Balaban J connectivity index is 2.39. The molecule has 0 aromatic heterocycles. The minimum Gasteiger partial charge on any atom is -0.495 e. The third-order valence-electron chi connectivity index (χ3n) is 3.20. The molecule has 0 aliphatic carbocycles. The molecule has 0 aliphatic heterocycles. The predicted octanol–water partition coefficient (Wildman–Crippen LogP) is 3.67. The first-order chi connectivity index (χ1) is 11.5. The quantitative estimate of drug-likeness (QED) is 0.636. The molecule has 24 heavy (non-hydrogen) atoms. The molecule has 0 amide bonds. The van der Waals surface area contributed by atoms with E-state index in [1.165, 1.54) is 7.11 Å². The maximum absolute atomic E-state index is 12.0. The number of esters is 1. The van der Waals surface area contributed by atoms with Crippen LogP contribution in [0.4, 0.5) is 0 Å². The SMILES string of the molecule is COC(=O)c1cc(C#Cc2ccccc2OC)ccc1OC(C)C. The second-order valence-corrected chi connectivity index (χ2v) is 5.32. The number of ether oxygens (including phenoxy) is 3. The molecule has 2 aromatic carbocycles. The van der Waals surface area contributed by atoms with Crippen molar-refractivity contribution >= 4 is 5.97 Å². The van der Waals surface area contributed by atoms with E-state index >= 15 is 0 Å². The average molecular weight is 324 g/mol. The molecule has 0 saturated carbocycles. The number of carbonyl (C=O) groups is 1. The lowest BCUT2D eigenvalue weighted by Crippen LogP contribution is -2.11. The van der Waals surface area contributed by atoms with Crippen LogP contribution in [0.1, 0.15) is 35.3 Å². The third-order valence-corrected chi connectivity index (χ3v) is 3.20. The fraction of sp³-hybridized carbons (Fsp3) is 0.250. The standard InChI is InChI=1S/C20H20O4/c1-14(2)24-19-12-10-15(13-17(19)20(21)23-4)9-11-16-7-5-6-8-18(16)22-3/h5-8,10,12-14H,1-4H3. The van der Waals surface area contributed by atoms with Gasteiger partial charge in [0, 0.05) is 5.56 Å². The van der Waals surface area contributed by atoms with Crippen LogP contribution < -0.4 is 9.47 Å². The fourth-order valence-electron chi connectivity index (χ4n) is 2.12. The summed E-state index contributed by atoms with van der Waals surface area (Å²) >= 11 is 0. The Kier molecular flexibility index (Phi) is 5.86. The van der Waals surface area contributed by atoms with Gasteiger partial charge in [0.1, 0.15) is 17.1 Å². The van der Waals surface area contributed by atoms with Crippen molar-refractivity contribution in [2.45, 2.75) is 20.0 Å². The molecule has 0 radical (unpaired) electrons. The Morgan fingerprint density at radius 3 is 2.42 bits per heavy atom. The van der Waals surface area contributed by atoms with Crippen LogP contribution in [0.3, 0.4) is 0 Å². The van der Waals surface area contributed by atoms with Gasteiger partial charge in [0.2, 0.25) is 0 Å². The zero-order valence-corrected chi connectivity index (χ0v) is 14.3. The van der Waals surface area contributed by atoms with E-state index in [0.29, 0.717) is 22.6 Å². The molecule has 4 heteroatoms. The van der Waals surface area contributed by atoms with Crippen molar-refractivity contribution in [2.24, 2.45) is 0 Å². The molecule has 124 valence electrons. The molecule has 0 aliphatic rings. The Hall–Kier alpha value is -2.93. The van der Waals surface area contributed by atoms with Crippen molar-refractivity contribution in [1.82, 2.24) is 0 Å². The summed E-state index contributed by atoms with van der Waals surface area (Å²) in [6.45, 7) is 3.80. The summed E-state index contributed by atoms with van der Waals surface area (Å²) in [5.74, 6) is 6.84. The second kappa shape index (κ2) is 8.07. The number of hydrogen-bond acceptors (Lipinski definition) is 4. The number of para-hydroxylation sites is 1. The molecule has 0 atom stereocenters. The molecule has 0 bridgehead atoms. The van der Waals surface area contributed by atoms with Gasteiger partial charge in [-0.25, -0.2) is 4.79 Å². The molecule has 0 unspecified atom stereocenters. The van der Waals surface area contributed by atoms with Gasteiger partial charge in [-0.05, 0) is 44.2 Å². The van der Waals surface area contributed by atoms with Crippen LogP contribution in [0.15, 0.2) is 42.5 Å². The van der Waals surface area contributed by atoms with E-state index < -0.39 is 5.97 Å². The van der Waals surface area contributed by atoms with Gasteiger partial charge >= 0.3 is 5.97 Å². The number of rotatable bonds is 4. The second-order valence-electron chi connectivity index (χ2n) is 5.32. The van der Waals surface area contributed by atoms with E-state index in [0.717, 1.165) is 5.56 Å². The molecule has 0 N–H and O–H groups in total. The fourth-order valence-corrected chi connectivity index (χ4v) is 2.12. The average Bonchev–Trinajstić information content (AvgIpc) is 2.59. The summed E-state index contributed by atoms with van der Waals surface area (Å²) in [4.78, 5) is 12.0. The Morgan fingerprint density at radius 1 is 1.00 bits per heavy atom. The molecule has 0 saturated heterocycles. The maximum atomic E-state index is 12.0. The van der Waals surface area contributed by atoms with Crippen LogP contribution in [0, 0.1) is 11.8 Å². The molecule has 0 fully saturated rings. The summed E-state index contributed by atoms with van der Waals surface area (Å²) in [5.41, 5.74) is 1.83. The van der Waals surface area contributed by atoms with Gasteiger partial charge in [-0.2, -0.15) is 0 Å². The van der Waals surface area contributed by atoms with Crippen LogP contribution >= 0.6 is 0 Å². The van der Waals surface area contributed by atoms with Gasteiger partial charge in [0.05, 0.1) is 25.9 Å². The van der Waals surface area contributed by atoms with Crippen molar-refractivity contribution in [1.29, 1.82) is 0 Å². The zero-order valence-electron chi connectivity index (χ0n) is 14.3. The number of methoxy groups -OCH3 is 2. The number of benzene rings is 2. The molecule has 2 aromatic rings. The zero-order chi connectivity index (χ0) is 17.5. The lowest BCUT2D eigenvalue weighted by Gasteiger charge is -2.13. The molecular weight excluding hydrogens is 304 g/mol. The highest BCUT2D eigenvalue weighted by Gasteiger charge is 2.14. The van der Waals surface area contributed by atoms with Gasteiger partial charge in [-0.1, -0.05) is 24.0 Å². The van der Waals surface area contributed by atoms with Crippen molar-refractivity contribution in [3.8, 4) is 23.3 Å². The van der Waals surface area contributed by atoms with Crippen molar-refractivity contribution < 1.29 is 19.0 Å².